The van der Waals surface area contributed by atoms with Crippen LogP contribution < -0.4 is 10.6 Å². The number of fused-ring (bicyclic) bond motifs is 1. The lowest BCUT2D eigenvalue weighted by atomic mass is 9.98. The van der Waals surface area contributed by atoms with Crippen LogP contribution in [0.15, 0.2) is 54.6 Å². The molecule has 0 fully saturated rings. The van der Waals surface area contributed by atoms with Crippen molar-refractivity contribution in [3.8, 4) is 0 Å². The van der Waals surface area contributed by atoms with E-state index in [0.29, 0.717) is 5.56 Å². The van der Waals surface area contributed by atoms with E-state index in [9.17, 15) is 9.59 Å². The Morgan fingerprint density at radius 2 is 1.79 bits per heavy atom. The van der Waals surface area contributed by atoms with Gasteiger partial charge in [-0.2, -0.15) is 0 Å². The van der Waals surface area contributed by atoms with E-state index in [1.54, 1.807) is 12.1 Å². The third-order valence-corrected chi connectivity index (χ3v) is 4.91. The highest BCUT2D eigenvalue weighted by atomic mass is 16.2. The molecule has 3 aromatic rings. The van der Waals surface area contributed by atoms with Gasteiger partial charge in [-0.05, 0) is 30.2 Å². The van der Waals surface area contributed by atoms with Crippen molar-refractivity contribution < 1.29 is 9.59 Å². The maximum atomic E-state index is 12.5. The van der Waals surface area contributed by atoms with Gasteiger partial charge in [-0.1, -0.05) is 50.6 Å². The third-order valence-electron chi connectivity index (χ3n) is 4.91. The average Bonchev–Trinajstić information content (AvgIpc) is 3.16. The van der Waals surface area contributed by atoms with Crippen molar-refractivity contribution in [3.63, 3.8) is 0 Å². The van der Waals surface area contributed by atoms with Crippen molar-refractivity contribution in [1.29, 1.82) is 0 Å². The smallest absolute Gasteiger partial charge is 0.251 e. The second kappa shape index (κ2) is 9.17. The summed E-state index contributed by atoms with van der Waals surface area (Å²) in [6, 6.07) is 16.6. The Morgan fingerprint density at radius 1 is 1.07 bits per heavy atom. The van der Waals surface area contributed by atoms with Crippen LogP contribution in [-0.2, 0) is 4.79 Å². The molecule has 28 heavy (non-hydrogen) atoms. The monoisotopic (exact) mass is 378 g/mol. The van der Waals surface area contributed by atoms with E-state index in [1.807, 2.05) is 42.5 Å². The Hall–Kier alpha value is -3.15. The minimum atomic E-state index is -0.199. The molecule has 0 aliphatic carbocycles. The van der Waals surface area contributed by atoms with Gasteiger partial charge < -0.3 is 15.6 Å². The predicted octanol–water partition coefficient (Wildman–Crippen LogP) is 3.59. The van der Waals surface area contributed by atoms with Gasteiger partial charge in [0, 0.05) is 18.5 Å². The summed E-state index contributed by atoms with van der Waals surface area (Å²) in [5.41, 5.74) is 2.42. The molecule has 0 bridgehead atoms. The van der Waals surface area contributed by atoms with Gasteiger partial charge in [-0.15, -0.1) is 0 Å². The normalized spacial score (nSPS) is 13.1. The van der Waals surface area contributed by atoms with Crippen molar-refractivity contribution in [2.75, 3.05) is 6.54 Å². The molecule has 6 nitrogen and oxygen atoms in total. The molecule has 0 spiro atoms. The predicted molar refractivity (Wildman–Crippen MR) is 110 cm³/mol. The van der Waals surface area contributed by atoms with E-state index in [0.717, 1.165) is 23.3 Å². The molecule has 3 N–H and O–H groups in total. The second-order valence-corrected chi connectivity index (χ2v) is 6.94. The third kappa shape index (κ3) is 4.76. The maximum Gasteiger partial charge on any atom is 0.251 e. The van der Waals surface area contributed by atoms with E-state index in [-0.39, 0.29) is 36.7 Å². The number of hydrogen-bond donors (Lipinski definition) is 3. The quantitative estimate of drug-likeness (QED) is 0.560. The van der Waals surface area contributed by atoms with Crippen LogP contribution in [0.2, 0.25) is 0 Å². The topological polar surface area (TPSA) is 86.9 Å². The first-order valence-electron chi connectivity index (χ1n) is 9.65. The lowest BCUT2D eigenvalue weighted by Gasteiger charge is -2.22. The minimum Gasteiger partial charge on any atom is -0.352 e. The highest BCUT2D eigenvalue weighted by Crippen LogP contribution is 2.24. The number of amides is 2. The van der Waals surface area contributed by atoms with Crippen LogP contribution in [0.5, 0.6) is 0 Å². The van der Waals surface area contributed by atoms with Gasteiger partial charge >= 0.3 is 0 Å². The standard InChI is InChI=1S/C22H26N4O2/c1-3-15(2)20(21-24-17-11-7-8-12-18(17)25-21)26-19(27)13-14-23-22(28)16-9-5-4-6-10-16/h4-12,15,20H,3,13-14H2,1-2H3,(H,23,28)(H,24,25)(H,26,27). The van der Waals surface area contributed by atoms with Crippen LogP contribution in [0.3, 0.4) is 0 Å². The molecule has 0 radical (unpaired) electrons. The molecule has 1 heterocycles. The summed E-state index contributed by atoms with van der Waals surface area (Å²) >= 11 is 0. The Kier molecular flexibility index (Phi) is 6.42. The van der Waals surface area contributed by atoms with Gasteiger partial charge in [0.05, 0.1) is 17.1 Å². The SMILES string of the molecule is CCC(C)C(NC(=O)CCNC(=O)c1ccccc1)c1nc2ccccc2[nH]1. The molecule has 2 aromatic carbocycles. The highest BCUT2D eigenvalue weighted by Gasteiger charge is 2.23. The zero-order valence-corrected chi connectivity index (χ0v) is 16.2. The van der Waals surface area contributed by atoms with E-state index < -0.39 is 0 Å². The average molecular weight is 378 g/mol. The molecule has 0 aliphatic rings. The number of carbonyl (C=O) groups is 2. The fourth-order valence-electron chi connectivity index (χ4n) is 3.06. The van der Waals surface area contributed by atoms with Crippen LogP contribution in [0.4, 0.5) is 0 Å². The summed E-state index contributed by atoms with van der Waals surface area (Å²) in [7, 11) is 0. The van der Waals surface area contributed by atoms with Crippen molar-refractivity contribution >= 4 is 22.8 Å². The van der Waals surface area contributed by atoms with Gasteiger partial charge in [0.15, 0.2) is 0 Å². The van der Waals surface area contributed by atoms with Crippen LogP contribution >= 0.6 is 0 Å². The number of imidazole rings is 1. The largest absolute Gasteiger partial charge is 0.352 e. The van der Waals surface area contributed by atoms with E-state index in [1.165, 1.54) is 0 Å². The van der Waals surface area contributed by atoms with E-state index >= 15 is 0 Å². The lowest BCUT2D eigenvalue weighted by molar-refractivity contribution is -0.122. The number of benzene rings is 2. The van der Waals surface area contributed by atoms with Crippen molar-refractivity contribution in [2.45, 2.75) is 32.7 Å². The maximum absolute atomic E-state index is 12.5. The lowest BCUT2D eigenvalue weighted by Crippen LogP contribution is -2.35. The summed E-state index contributed by atoms with van der Waals surface area (Å²) in [6.07, 6.45) is 1.12. The summed E-state index contributed by atoms with van der Waals surface area (Å²) in [5.74, 6) is 0.698. The molecular formula is C22H26N4O2. The Labute approximate surface area is 164 Å². The molecule has 0 aliphatic heterocycles. The number of para-hydroxylation sites is 2. The summed E-state index contributed by atoms with van der Waals surface area (Å²) < 4.78 is 0. The zero-order chi connectivity index (χ0) is 19.9. The van der Waals surface area contributed by atoms with Crippen molar-refractivity contribution in [2.24, 2.45) is 5.92 Å². The minimum absolute atomic E-state index is 0.112. The number of aromatic nitrogens is 2. The Bertz CT molecular complexity index is 903. The fraction of sp³-hybridized carbons (Fsp3) is 0.318. The number of hydrogen-bond acceptors (Lipinski definition) is 3. The number of H-pyrrole nitrogens is 1. The molecular weight excluding hydrogens is 352 g/mol. The van der Waals surface area contributed by atoms with Gasteiger partial charge in [-0.25, -0.2) is 4.98 Å². The number of rotatable bonds is 8. The summed E-state index contributed by atoms with van der Waals surface area (Å²) in [5, 5.41) is 5.86. The summed E-state index contributed by atoms with van der Waals surface area (Å²) in [6.45, 7) is 4.47. The molecule has 2 atom stereocenters. The number of nitrogens with zero attached hydrogens (tertiary/aromatic N) is 1. The first-order chi connectivity index (χ1) is 13.6. The van der Waals surface area contributed by atoms with Crippen LogP contribution in [0.1, 0.15) is 48.9 Å². The molecule has 6 heteroatoms. The fourth-order valence-corrected chi connectivity index (χ4v) is 3.06. The molecule has 3 rings (SSSR count). The summed E-state index contributed by atoms with van der Waals surface area (Å²) in [4.78, 5) is 32.5. The first-order valence-corrected chi connectivity index (χ1v) is 9.65. The van der Waals surface area contributed by atoms with Gasteiger partial charge in [0.25, 0.3) is 5.91 Å². The second-order valence-electron chi connectivity index (χ2n) is 6.94. The molecule has 146 valence electrons. The number of nitrogens with one attached hydrogen (secondary N) is 3. The molecule has 0 saturated heterocycles. The van der Waals surface area contributed by atoms with Crippen LogP contribution in [0.25, 0.3) is 11.0 Å². The molecule has 0 saturated carbocycles. The number of aromatic amines is 1. The zero-order valence-electron chi connectivity index (χ0n) is 16.2. The molecule has 2 amide bonds. The highest BCUT2D eigenvalue weighted by molar-refractivity contribution is 5.94. The van der Waals surface area contributed by atoms with Crippen molar-refractivity contribution in [1.82, 2.24) is 20.6 Å². The van der Waals surface area contributed by atoms with Gasteiger partial charge in [0.1, 0.15) is 5.82 Å². The Balaban J connectivity index is 1.59. The number of carbonyl (C=O) groups excluding carboxylic acids is 2. The molecule has 1 aromatic heterocycles. The van der Waals surface area contributed by atoms with E-state index in [2.05, 4.69) is 34.4 Å². The Morgan fingerprint density at radius 3 is 2.50 bits per heavy atom. The van der Waals surface area contributed by atoms with Crippen LogP contribution in [0, 0.1) is 5.92 Å². The van der Waals surface area contributed by atoms with E-state index in [4.69, 9.17) is 0 Å². The van der Waals surface area contributed by atoms with Gasteiger partial charge in [-0.3, -0.25) is 9.59 Å². The van der Waals surface area contributed by atoms with Gasteiger partial charge in [0.2, 0.25) is 5.91 Å². The van der Waals surface area contributed by atoms with Crippen LogP contribution in [-0.4, -0.2) is 28.3 Å². The first kappa shape index (κ1) is 19.6. The van der Waals surface area contributed by atoms with Crippen molar-refractivity contribution in [3.05, 3.63) is 66.0 Å². The molecule has 2 unspecified atom stereocenters.